The van der Waals surface area contributed by atoms with E-state index in [0.717, 1.165) is 12.0 Å². The fourth-order valence-corrected chi connectivity index (χ4v) is 1.84. The first kappa shape index (κ1) is 12.1. The van der Waals surface area contributed by atoms with Crippen LogP contribution >= 0.6 is 0 Å². The first-order chi connectivity index (χ1) is 8.29. The van der Waals surface area contributed by atoms with Crippen LogP contribution in [0.4, 0.5) is 0 Å². The average molecular weight is 236 g/mol. The highest BCUT2D eigenvalue weighted by molar-refractivity contribution is 5.69. The van der Waals surface area contributed by atoms with Gasteiger partial charge in [-0.05, 0) is 5.56 Å². The third-order valence-corrected chi connectivity index (χ3v) is 2.73. The van der Waals surface area contributed by atoms with Crippen LogP contribution in [0.5, 0.6) is 0 Å². The molecule has 1 fully saturated rings. The number of ether oxygens (including phenoxy) is 3. The standard InChI is InChI=1S/C13H16O4/c1-15-12(14)9-13-16-8-7-11(17-13)10-5-3-2-4-6-10/h2-6,11,13H,7-9H2,1H3/t11-,13+/m1/s1. The van der Waals surface area contributed by atoms with Crippen molar-refractivity contribution in [3.63, 3.8) is 0 Å². The molecule has 1 aromatic rings. The summed E-state index contributed by atoms with van der Waals surface area (Å²) in [5, 5.41) is 0. The molecule has 1 heterocycles. The van der Waals surface area contributed by atoms with Crippen LogP contribution in [0.3, 0.4) is 0 Å². The molecular formula is C13H16O4. The monoisotopic (exact) mass is 236 g/mol. The SMILES string of the molecule is COC(=O)C[C@H]1OCC[C@H](c2ccccc2)O1. The molecule has 0 radical (unpaired) electrons. The van der Waals surface area contributed by atoms with Gasteiger partial charge in [0, 0.05) is 6.42 Å². The number of rotatable bonds is 3. The van der Waals surface area contributed by atoms with Crippen LogP contribution in [-0.2, 0) is 19.0 Å². The number of hydrogen-bond acceptors (Lipinski definition) is 4. The molecule has 0 N–H and O–H groups in total. The Morgan fingerprint density at radius 3 is 2.88 bits per heavy atom. The second kappa shape index (κ2) is 5.80. The van der Waals surface area contributed by atoms with Crippen LogP contribution in [0.15, 0.2) is 30.3 Å². The van der Waals surface area contributed by atoms with Crippen molar-refractivity contribution in [1.82, 2.24) is 0 Å². The minimum absolute atomic E-state index is 0.000365. The quantitative estimate of drug-likeness (QED) is 0.753. The molecule has 0 unspecified atom stereocenters. The van der Waals surface area contributed by atoms with Crippen LogP contribution < -0.4 is 0 Å². The van der Waals surface area contributed by atoms with Crippen molar-refractivity contribution in [2.45, 2.75) is 25.2 Å². The lowest BCUT2D eigenvalue weighted by Gasteiger charge is -2.29. The molecule has 2 atom stereocenters. The van der Waals surface area contributed by atoms with Gasteiger partial charge in [0.15, 0.2) is 6.29 Å². The van der Waals surface area contributed by atoms with Gasteiger partial charge in [-0.2, -0.15) is 0 Å². The van der Waals surface area contributed by atoms with Gasteiger partial charge in [-0.3, -0.25) is 4.79 Å². The average Bonchev–Trinajstić information content (AvgIpc) is 2.40. The Morgan fingerprint density at radius 2 is 2.18 bits per heavy atom. The van der Waals surface area contributed by atoms with Crippen molar-refractivity contribution in [2.75, 3.05) is 13.7 Å². The third-order valence-electron chi connectivity index (χ3n) is 2.73. The Hall–Kier alpha value is -1.39. The highest BCUT2D eigenvalue weighted by Gasteiger charge is 2.26. The second-order valence-electron chi connectivity index (χ2n) is 3.90. The zero-order valence-electron chi connectivity index (χ0n) is 9.80. The molecular weight excluding hydrogens is 220 g/mol. The normalized spacial score (nSPS) is 24.3. The molecule has 0 amide bonds. The molecule has 0 saturated carbocycles. The van der Waals surface area contributed by atoms with Crippen molar-refractivity contribution >= 4 is 5.97 Å². The van der Waals surface area contributed by atoms with E-state index in [4.69, 9.17) is 9.47 Å². The Balaban J connectivity index is 1.95. The number of hydrogen-bond donors (Lipinski definition) is 0. The van der Waals surface area contributed by atoms with Gasteiger partial charge in [0.05, 0.1) is 26.2 Å². The zero-order chi connectivity index (χ0) is 12.1. The summed E-state index contributed by atoms with van der Waals surface area (Å²) in [5.74, 6) is -0.316. The van der Waals surface area contributed by atoms with Crippen molar-refractivity contribution in [3.05, 3.63) is 35.9 Å². The maximum Gasteiger partial charge on any atom is 0.310 e. The predicted molar refractivity (Wildman–Crippen MR) is 61.3 cm³/mol. The maximum absolute atomic E-state index is 11.1. The summed E-state index contributed by atoms with van der Waals surface area (Å²) in [6.07, 6.45) is 0.447. The summed E-state index contributed by atoms with van der Waals surface area (Å²) in [5.41, 5.74) is 1.12. The van der Waals surface area contributed by atoms with E-state index in [2.05, 4.69) is 4.74 Å². The highest BCUT2D eigenvalue weighted by atomic mass is 16.7. The van der Waals surface area contributed by atoms with Gasteiger partial charge >= 0.3 is 5.97 Å². The molecule has 92 valence electrons. The molecule has 0 aromatic heterocycles. The number of carbonyl (C=O) groups is 1. The smallest absolute Gasteiger partial charge is 0.310 e. The summed E-state index contributed by atoms with van der Waals surface area (Å²) in [6, 6.07) is 9.96. The van der Waals surface area contributed by atoms with Crippen molar-refractivity contribution < 1.29 is 19.0 Å². The molecule has 1 saturated heterocycles. The summed E-state index contributed by atoms with van der Waals surface area (Å²) in [4.78, 5) is 11.1. The molecule has 1 aliphatic rings. The molecule has 2 rings (SSSR count). The van der Waals surface area contributed by atoms with E-state index in [9.17, 15) is 4.79 Å². The van der Waals surface area contributed by atoms with Gasteiger partial charge in [0.1, 0.15) is 0 Å². The molecule has 0 bridgehead atoms. The molecule has 1 aromatic carbocycles. The van der Waals surface area contributed by atoms with Gasteiger partial charge in [-0.25, -0.2) is 0 Å². The molecule has 1 aliphatic heterocycles. The fourth-order valence-electron chi connectivity index (χ4n) is 1.84. The predicted octanol–water partition coefficient (Wildman–Crippen LogP) is 2.05. The van der Waals surface area contributed by atoms with E-state index in [1.165, 1.54) is 7.11 Å². The Bertz CT molecular complexity index is 363. The highest BCUT2D eigenvalue weighted by Crippen LogP contribution is 2.28. The van der Waals surface area contributed by atoms with Crippen LogP contribution in [0.2, 0.25) is 0 Å². The van der Waals surface area contributed by atoms with Gasteiger partial charge in [-0.1, -0.05) is 30.3 Å². The molecule has 4 heteroatoms. The summed E-state index contributed by atoms with van der Waals surface area (Å²) < 4.78 is 15.7. The molecule has 0 aliphatic carbocycles. The van der Waals surface area contributed by atoms with Crippen molar-refractivity contribution in [3.8, 4) is 0 Å². The maximum atomic E-state index is 11.1. The number of benzene rings is 1. The fraction of sp³-hybridized carbons (Fsp3) is 0.462. The van der Waals surface area contributed by atoms with E-state index in [-0.39, 0.29) is 18.5 Å². The first-order valence-electron chi connectivity index (χ1n) is 5.68. The molecule has 0 spiro atoms. The number of methoxy groups -OCH3 is 1. The minimum Gasteiger partial charge on any atom is -0.469 e. The Labute approximate surface area is 100 Å². The van der Waals surface area contributed by atoms with Crippen LogP contribution in [0.1, 0.15) is 24.5 Å². The van der Waals surface area contributed by atoms with Gasteiger partial charge in [0.25, 0.3) is 0 Å². The number of carbonyl (C=O) groups excluding carboxylic acids is 1. The Kier molecular flexibility index (Phi) is 4.12. The Morgan fingerprint density at radius 1 is 1.41 bits per heavy atom. The van der Waals surface area contributed by atoms with Gasteiger partial charge < -0.3 is 14.2 Å². The van der Waals surface area contributed by atoms with Crippen LogP contribution in [0, 0.1) is 0 Å². The lowest BCUT2D eigenvalue weighted by molar-refractivity contribution is -0.220. The third kappa shape index (κ3) is 3.28. The molecule has 17 heavy (non-hydrogen) atoms. The van der Waals surface area contributed by atoms with Gasteiger partial charge in [0.2, 0.25) is 0 Å². The minimum atomic E-state index is -0.499. The van der Waals surface area contributed by atoms with Crippen LogP contribution in [-0.4, -0.2) is 26.0 Å². The van der Waals surface area contributed by atoms with Crippen LogP contribution in [0.25, 0.3) is 0 Å². The number of esters is 1. The molecule has 4 nitrogen and oxygen atoms in total. The summed E-state index contributed by atoms with van der Waals surface area (Å²) in [6.45, 7) is 0.598. The van der Waals surface area contributed by atoms with E-state index < -0.39 is 6.29 Å². The lowest BCUT2D eigenvalue weighted by atomic mass is 10.1. The van der Waals surface area contributed by atoms with Gasteiger partial charge in [-0.15, -0.1) is 0 Å². The van der Waals surface area contributed by atoms with Crippen molar-refractivity contribution in [2.24, 2.45) is 0 Å². The topological polar surface area (TPSA) is 44.8 Å². The lowest BCUT2D eigenvalue weighted by Crippen LogP contribution is -2.30. The van der Waals surface area contributed by atoms with E-state index >= 15 is 0 Å². The van der Waals surface area contributed by atoms with E-state index in [1.807, 2.05) is 30.3 Å². The summed E-state index contributed by atoms with van der Waals surface area (Å²) >= 11 is 0. The second-order valence-corrected chi connectivity index (χ2v) is 3.90. The largest absolute Gasteiger partial charge is 0.469 e. The van der Waals surface area contributed by atoms with E-state index in [0.29, 0.717) is 6.61 Å². The summed E-state index contributed by atoms with van der Waals surface area (Å²) in [7, 11) is 1.36. The van der Waals surface area contributed by atoms with Crippen molar-refractivity contribution in [1.29, 1.82) is 0 Å². The van der Waals surface area contributed by atoms with E-state index in [1.54, 1.807) is 0 Å². The zero-order valence-corrected chi connectivity index (χ0v) is 9.80. The first-order valence-corrected chi connectivity index (χ1v) is 5.68.